The number of carbonyl (C=O) groups excluding carboxylic acids is 1. The number of nitrogens with zero attached hydrogens (tertiary/aromatic N) is 1. The summed E-state index contributed by atoms with van der Waals surface area (Å²) < 4.78 is 21.4. The van der Waals surface area contributed by atoms with Gasteiger partial charge >= 0.3 is 0 Å². The van der Waals surface area contributed by atoms with Crippen molar-refractivity contribution in [3.05, 3.63) is 29.8 Å². The van der Waals surface area contributed by atoms with Crippen molar-refractivity contribution in [1.82, 2.24) is 4.90 Å². The average Bonchev–Trinajstić information content (AvgIpc) is 2.66. The molecular formula is C22H40N2O5. The number of aryl methyl sites for hydroxylation is 1. The molecule has 7 nitrogen and oxygen atoms in total. The fraction of sp³-hybridized carbons (Fsp3) is 0.682. The number of rotatable bonds is 11. The van der Waals surface area contributed by atoms with E-state index in [1.54, 1.807) is 12.0 Å². The van der Waals surface area contributed by atoms with Crippen LogP contribution in [0.15, 0.2) is 24.3 Å². The van der Waals surface area contributed by atoms with Gasteiger partial charge in [0, 0.05) is 26.9 Å². The van der Waals surface area contributed by atoms with Crippen LogP contribution in [0.1, 0.15) is 40.2 Å². The zero-order valence-electron chi connectivity index (χ0n) is 19.2. The SMILES string of the molecule is CCOC(CN(CCOC)C(=O)CN)OCC.Cc1ccc(OC(C)(C)C)cc1. The first-order chi connectivity index (χ1) is 13.7. The van der Waals surface area contributed by atoms with Crippen molar-refractivity contribution in [1.29, 1.82) is 0 Å². The van der Waals surface area contributed by atoms with Crippen molar-refractivity contribution in [2.45, 2.75) is 53.4 Å². The third-order valence-electron chi connectivity index (χ3n) is 3.61. The third-order valence-corrected chi connectivity index (χ3v) is 3.61. The lowest BCUT2D eigenvalue weighted by Crippen LogP contribution is -2.44. The van der Waals surface area contributed by atoms with Gasteiger partial charge < -0.3 is 29.6 Å². The van der Waals surface area contributed by atoms with E-state index in [1.165, 1.54) is 5.56 Å². The Kier molecular flexibility index (Phi) is 14.3. The number of carbonyl (C=O) groups is 1. The summed E-state index contributed by atoms with van der Waals surface area (Å²) in [4.78, 5) is 13.2. The maximum Gasteiger partial charge on any atom is 0.236 e. The quantitative estimate of drug-likeness (QED) is 0.563. The van der Waals surface area contributed by atoms with Crippen molar-refractivity contribution < 1.29 is 23.7 Å². The monoisotopic (exact) mass is 412 g/mol. The van der Waals surface area contributed by atoms with Crippen LogP contribution < -0.4 is 10.5 Å². The highest BCUT2D eigenvalue weighted by Crippen LogP contribution is 2.17. The molecule has 0 aromatic heterocycles. The Morgan fingerprint density at radius 1 is 1.10 bits per heavy atom. The van der Waals surface area contributed by atoms with Crippen molar-refractivity contribution in [2.75, 3.05) is 46.6 Å². The Labute approximate surface area is 176 Å². The van der Waals surface area contributed by atoms with Crippen molar-refractivity contribution >= 4 is 5.91 Å². The zero-order chi connectivity index (χ0) is 22.3. The molecule has 0 atom stereocenters. The van der Waals surface area contributed by atoms with Gasteiger partial charge in [-0.3, -0.25) is 4.79 Å². The minimum atomic E-state index is -0.405. The van der Waals surface area contributed by atoms with E-state index in [1.807, 2.05) is 46.8 Å². The maximum atomic E-state index is 11.6. The van der Waals surface area contributed by atoms with Gasteiger partial charge in [0.1, 0.15) is 11.4 Å². The number of ether oxygens (including phenoxy) is 4. The van der Waals surface area contributed by atoms with E-state index in [2.05, 4.69) is 19.1 Å². The zero-order valence-corrected chi connectivity index (χ0v) is 19.2. The highest BCUT2D eigenvalue weighted by Gasteiger charge is 2.18. The number of benzene rings is 1. The molecule has 0 saturated heterocycles. The van der Waals surface area contributed by atoms with Crippen LogP contribution in [0.5, 0.6) is 5.75 Å². The normalized spacial score (nSPS) is 11.1. The first-order valence-corrected chi connectivity index (χ1v) is 10.1. The second-order valence-electron chi connectivity index (χ2n) is 7.40. The van der Waals surface area contributed by atoms with Crippen LogP contribution in [-0.4, -0.2) is 69.3 Å². The summed E-state index contributed by atoms with van der Waals surface area (Å²) in [6.45, 7) is 14.4. The van der Waals surface area contributed by atoms with Crippen LogP contribution in [0.2, 0.25) is 0 Å². The molecule has 7 heteroatoms. The predicted octanol–water partition coefficient (Wildman–Crippen LogP) is 2.99. The number of hydrogen-bond acceptors (Lipinski definition) is 6. The molecule has 0 bridgehead atoms. The molecule has 0 fully saturated rings. The summed E-state index contributed by atoms with van der Waals surface area (Å²) in [6, 6.07) is 8.11. The predicted molar refractivity (Wildman–Crippen MR) is 116 cm³/mol. The van der Waals surface area contributed by atoms with Gasteiger partial charge in [0.25, 0.3) is 0 Å². The maximum absolute atomic E-state index is 11.6. The topological polar surface area (TPSA) is 83.3 Å². The molecule has 0 aliphatic rings. The summed E-state index contributed by atoms with van der Waals surface area (Å²) in [5, 5.41) is 0. The van der Waals surface area contributed by atoms with Crippen LogP contribution in [0.3, 0.4) is 0 Å². The molecule has 0 heterocycles. The van der Waals surface area contributed by atoms with Gasteiger partial charge in [0.2, 0.25) is 5.91 Å². The summed E-state index contributed by atoms with van der Waals surface area (Å²) >= 11 is 0. The highest BCUT2D eigenvalue weighted by atomic mass is 16.7. The van der Waals surface area contributed by atoms with Crippen molar-refractivity contribution in [2.24, 2.45) is 5.73 Å². The Morgan fingerprint density at radius 2 is 1.66 bits per heavy atom. The van der Waals surface area contributed by atoms with Crippen LogP contribution in [0.25, 0.3) is 0 Å². The van der Waals surface area contributed by atoms with Crippen molar-refractivity contribution in [3.8, 4) is 5.75 Å². The molecule has 168 valence electrons. The van der Waals surface area contributed by atoms with E-state index in [4.69, 9.17) is 24.7 Å². The minimum absolute atomic E-state index is 0.0192. The summed E-state index contributed by atoms with van der Waals surface area (Å²) in [7, 11) is 1.59. The van der Waals surface area contributed by atoms with Crippen LogP contribution in [0, 0.1) is 6.92 Å². The lowest BCUT2D eigenvalue weighted by molar-refractivity contribution is -0.158. The highest BCUT2D eigenvalue weighted by molar-refractivity contribution is 5.78. The Hall–Kier alpha value is -1.67. The van der Waals surface area contributed by atoms with Gasteiger partial charge in [-0.25, -0.2) is 0 Å². The van der Waals surface area contributed by atoms with E-state index in [9.17, 15) is 4.79 Å². The van der Waals surface area contributed by atoms with Crippen LogP contribution in [0.4, 0.5) is 0 Å². The molecule has 0 aliphatic carbocycles. The second kappa shape index (κ2) is 15.2. The second-order valence-corrected chi connectivity index (χ2v) is 7.40. The van der Waals surface area contributed by atoms with Gasteiger partial charge in [0.05, 0.1) is 19.7 Å². The van der Waals surface area contributed by atoms with Gasteiger partial charge in [-0.1, -0.05) is 17.7 Å². The summed E-state index contributed by atoms with van der Waals surface area (Å²) in [6.07, 6.45) is -0.405. The lowest BCUT2D eigenvalue weighted by Gasteiger charge is -2.26. The number of methoxy groups -OCH3 is 1. The molecule has 0 saturated carbocycles. The standard InChI is InChI=1S/C11H24N2O4.C11H16O/c1-4-16-11(17-5-2)9-13(6-7-15-3)10(14)8-12;1-9-5-7-10(8-6-9)12-11(2,3)4/h11H,4-9,12H2,1-3H3;5-8H,1-4H3. The van der Waals surface area contributed by atoms with Gasteiger partial charge in [-0.15, -0.1) is 0 Å². The number of hydrogen-bond donors (Lipinski definition) is 1. The van der Waals surface area contributed by atoms with E-state index < -0.39 is 6.29 Å². The molecule has 0 radical (unpaired) electrons. The van der Waals surface area contributed by atoms with E-state index in [0.29, 0.717) is 32.9 Å². The van der Waals surface area contributed by atoms with E-state index in [-0.39, 0.29) is 18.1 Å². The molecule has 1 aromatic rings. The first kappa shape index (κ1) is 27.3. The molecule has 1 amide bonds. The number of amides is 1. The first-order valence-electron chi connectivity index (χ1n) is 10.1. The Balaban J connectivity index is 0.000000571. The largest absolute Gasteiger partial charge is 0.488 e. The Morgan fingerprint density at radius 3 is 2.07 bits per heavy atom. The summed E-state index contributed by atoms with van der Waals surface area (Å²) in [5.74, 6) is 0.805. The van der Waals surface area contributed by atoms with Crippen LogP contribution in [-0.2, 0) is 19.0 Å². The minimum Gasteiger partial charge on any atom is -0.488 e. The Bertz CT molecular complexity index is 537. The summed E-state index contributed by atoms with van der Waals surface area (Å²) in [5.41, 5.74) is 6.51. The van der Waals surface area contributed by atoms with Crippen molar-refractivity contribution in [3.63, 3.8) is 0 Å². The molecular weight excluding hydrogens is 372 g/mol. The lowest BCUT2D eigenvalue weighted by atomic mass is 10.2. The molecule has 0 spiro atoms. The van der Waals surface area contributed by atoms with Gasteiger partial charge in [-0.05, 0) is 53.7 Å². The molecule has 29 heavy (non-hydrogen) atoms. The van der Waals surface area contributed by atoms with Crippen LogP contribution >= 0.6 is 0 Å². The molecule has 0 aliphatic heterocycles. The van der Waals surface area contributed by atoms with Gasteiger partial charge in [0.15, 0.2) is 6.29 Å². The third kappa shape index (κ3) is 14.0. The van der Waals surface area contributed by atoms with E-state index in [0.717, 1.165) is 5.75 Å². The molecule has 1 aromatic carbocycles. The fourth-order valence-electron chi connectivity index (χ4n) is 2.31. The van der Waals surface area contributed by atoms with E-state index >= 15 is 0 Å². The smallest absolute Gasteiger partial charge is 0.236 e. The fourth-order valence-corrected chi connectivity index (χ4v) is 2.31. The molecule has 1 rings (SSSR count). The van der Waals surface area contributed by atoms with Gasteiger partial charge in [-0.2, -0.15) is 0 Å². The molecule has 2 N–H and O–H groups in total. The average molecular weight is 413 g/mol. The number of nitrogens with two attached hydrogens (primary N) is 1. The molecule has 0 unspecified atom stereocenters.